The third-order valence-corrected chi connectivity index (χ3v) is 4.91. The zero-order valence-electron chi connectivity index (χ0n) is 14.7. The maximum Gasteiger partial charge on any atom is 0.264 e. The first kappa shape index (κ1) is 18.2. The molecular formula is C18H19N3O4S. The lowest BCUT2D eigenvalue weighted by Crippen LogP contribution is -2.35. The highest BCUT2D eigenvalue weighted by Crippen LogP contribution is 2.32. The Morgan fingerprint density at radius 1 is 1.35 bits per heavy atom. The molecule has 7 nitrogen and oxygen atoms in total. The normalized spacial score (nSPS) is 13.5. The first-order chi connectivity index (χ1) is 12.3. The highest BCUT2D eigenvalue weighted by molar-refractivity contribution is 7.99. The monoisotopic (exact) mass is 373 g/mol. The molecule has 1 amide bonds. The van der Waals surface area contributed by atoms with E-state index in [0.29, 0.717) is 27.9 Å². The number of Topliss-reactive ketones (excluding diaryl/α,β-unsaturated/α-hetero) is 1. The van der Waals surface area contributed by atoms with Crippen LogP contribution in [0.1, 0.15) is 35.8 Å². The molecule has 0 fully saturated rings. The van der Waals surface area contributed by atoms with E-state index in [2.05, 4.69) is 9.97 Å². The number of fused-ring (bicyclic) bond motifs is 1. The van der Waals surface area contributed by atoms with E-state index in [0.717, 1.165) is 0 Å². The molecule has 2 aromatic rings. The van der Waals surface area contributed by atoms with Crippen molar-refractivity contribution in [1.82, 2.24) is 9.97 Å². The van der Waals surface area contributed by atoms with Crippen LogP contribution in [0, 0.1) is 0 Å². The highest BCUT2D eigenvalue weighted by atomic mass is 32.2. The van der Waals surface area contributed by atoms with Gasteiger partial charge in [0.25, 0.3) is 11.5 Å². The number of carbonyl (C=O) groups is 2. The Labute approximate surface area is 154 Å². The number of hydrogen-bond acceptors (Lipinski definition) is 6. The summed E-state index contributed by atoms with van der Waals surface area (Å²) in [5, 5.41) is 0.420. The molecule has 136 valence electrons. The second-order valence-electron chi connectivity index (χ2n) is 6.27. The molecule has 2 heterocycles. The van der Waals surface area contributed by atoms with E-state index in [9.17, 15) is 14.4 Å². The number of amides is 1. The fourth-order valence-corrected chi connectivity index (χ4v) is 3.26. The molecule has 0 atom stereocenters. The van der Waals surface area contributed by atoms with Gasteiger partial charge in [-0.1, -0.05) is 25.6 Å². The fraction of sp³-hybridized carbons (Fsp3) is 0.333. The van der Waals surface area contributed by atoms with Crippen molar-refractivity contribution in [1.29, 1.82) is 0 Å². The summed E-state index contributed by atoms with van der Waals surface area (Å²) < 4.78 is 5.36. The van der Waals surface area contributed by atoms with Gasteiger partial charge < -0.3 is 14.6 Å². The van der Waals surface area contributed by atoms with Crippen LogP contribution in [-0.4, -0.2) is 41.1 Å². The van der Waals surface area contributed by atoms with Crippen LogP contribution in [0.15, 0.2) is 34.2 Å². The SMILES string of the molecule is CC(C)c1cc(=O)[nH]c(SCC(=O)c2ccc3c(c2)N(C)C(=O)CO3)n1. The minimum atomic E-state index is -0.232. The molecular weight excluding hydrogens is 354 g/mol. The van der Waals surface area contributed by atoms with Crippen LogP contribution in [0.25, 0.3) is 0 Å². The number of nitrogens with zero attached hydrogens (tertiary/aromatic N) is 2. The van der Waals surface area contributed by atoms with Crippen molar-refractivity contribution in [3.8, 4) is 5.75 Å². The van der Waals surface area contributed by atoms with E-state index < -0.39 is 0 Å². The lowest BCUT2D eigenvalue weighted by atomic mass is 10.1. The Balaban J connectivity index is 1.75. The second-order valence-corrected chi connectivity index (χ2v) is 7.23. The average Bonchev–Trinajstić information content (AvgIpc) is 2.62. The largest absolute Gasteiger partial charge is 0.482 e. The Morgan fingerprint density at radius 3 is 2.85 bits per heavy atom. The molecule has 26 heavy (non-hydrogen) atoms. The van der Waals surface area contributed by atoms with Crippen LogP contribution in [0.5, 0.6) is 5.75 Å². The predicted octanol–water partition coefficient (Wildman–Crippen LogP) is 2.22. The zero-order valence-corrected chi connectivity index (χ0v) is 15.6. The van der Waals surface area contributed by atoms with Gasteiger partial charge in [0.2, 0.25) is 0 Å². The summed E-state index contributed by atoms with van der Waals surface area (Å²) >= 11 is 1.18. The molecule has 1 aromatic heterocycles. The Bertz CT molecular complexity index is 923. The number of benzene rings is 1. The topological polar surface area (TPSA) is 92.4 Å². The molecule has 0 radical (unpaired) electrons. The van der Waals surface area contributed by atoms with E-state index in [1.807, 2.05) is 13.8 Å². The van der Waals surface area contributed by atoms with Gasteiger partial charge >= 0.3 is 0 Å². The number of hydrogen-bond donors (Lipinski definition) is 1. The Hall–Kier alpha value is -2.61. The molecule has 1 aromatic carbocycles. The van der Waals surface area contributed by atoms with Gasteiger partial charge in [0.1, 0.15) is 5.75 Å². The summed E-state index contributed by atoms with van der Waals surface area (Å²) in [5.41, 5.74) is 1.51. The average molecular weight is 373 g/mol. The number of aromatic amines is 1. The van der Waals surface area contributed by atoms with E-state index in [1.54, 1.807) is 25.2 Å². The van der Waals surface area contributed by atoms with E-state index in [1.165, 1.54) is 22.7 Å². The molecule has 0 aliphatic carbocycles. The molecule has 3 rings (SSSR count). The number of nitrogens with one attached hydrogen (secondary N) is 1. The molecule has 0 unspecified atom stereocenters. The van der Waals surface area contributed by atoms with Crippen molar-refractivity contribution < 1.29 is 14.3 Å². The number of ether oxygens (including phenoxy) is 1. The Kier molecular flexibility index (Phi) is 5.13. The van der Waals surface area contributed by atoms with Gasteiger partial charge in [-0.25, -0.2) is 4.98 Å². The number of rotatable bonds is 5. The quantitative estimate of drug-likeness (QED) is 0.491. The molecule has 0 bridgehead atoms. The number of thioether (sulfide) groups is 1. The minimum Gasteiger partial charge on any atom is -0.482 e. The predicted molar refractivity (Wildman–Crippen MR) is 99.3 cm³/mol. The van der Waals surface area contributed by atoms with E-state index in [4.69, 9.17) is 4.74 Å². The number of anilines is 1. The van der Waals surface area contributed by atoms with Gasteiger partial charge in [-0.15, -0.1) is 0 Å². The lowest BCUT2D eigenvalue weighted by Gasteiger charge is -2.26. The van der Waals surface area contributed by atoms with Gasteiger partial charge in [0.05, 0.1) is 17.1 Å². The fourth-order valence-electron chi connectivity index (χ4n) is 2.48. The summed E-state index contributed by atoms with van der Waals surface area (Å²) in [6.45, 7) is 3.90. The summed E-state index contributed by atoms with van der Waals surface area (Å²) in [6, 6.07) is 6.48. The van der Waals surface area contributed by atoms with Crippen LogP contribution >= 0.6 is 11.8 Å². The zero-order chi connectivity index (χ0) is 18.8. The molecule has 1 aliphatic heterocycles. The van der Waals surface area contributed by atoms with E-state index in [-0.39, 0.29) is 35.5 Å². The summed E-state index contributed by atoms with van der Waals surface area (Å²) in [6.07, 6.45) is 0. The van der Waals surface area contributed by atoms with Gasteiger partial charge in [-0.3, -0.25) is 14.4 Å². The first-order valence-corrected chi connectivity index (χ1v) is 9.14. The van der Waals surface area contributed by atoms with Gasteiger partial charge in [-0.05, 0) is 24.1 Å². The number of carbonyl (C=O) groups excluding carboxylic acids is 2. The van der Waals surface area contributed by atoms with Crippen LogP contribution in [0.3, 0.4) is 0 Å². The van der Waals surface area contributed by atoms with Crippen LogP contribution in [0.4, 0.5) is 5.69 Å². The maximum atomic E-state index is 12.5. The molecule has 0 saturated heterocycles. The van der Waals surface area contributed by atoms with Crippen LogP contribution in [0.2, 0.25) is 0 Å². The molecule has 0 spiro atoms. The minimum absolute atomic E-state index is 0.00211. The Morgan fingerprint density at radius 2 is 2.12 bits per heavy atom. The van der Waals surface area contributed by atoms with Crippen LogP contribution < -0.4 is 15.2 Å². The smallest absolute Gasteiger partial charge is 0.264 e. The first-order valence-electron chi connectivity index (χ1n) is 8.16. The van der Waals surface area contributed by atoms with Crippen molar-refractivity contribution in [2.45, 2.75) is 24.9 Å². The van der Waals surface area contributed by atoms with Gasteiger partial charge in [-0.2, -0.15) is 0 Å². The standard InChI is InChI=1S/C18H19N3O4S/c1-10(2)12-7-16(23)20-18(19-12)26-9-14(22)11-4-5-15-13(6-11)21(3)17(24)8-25-15/h4-7,10H,8-9H2,1-3H3,(H,19,20,23). The third kappa shape index (κ3) is 3.80. The molecule has 1 aliphatic rings. The van der Waals surface area contributed by atoms with Gasteiger partial charge in [0.15, 0.2) is 17.5 Å². The second kappa shape index (κ2) is 7.33. The van der Waals surface area contributed by atoms with Crippen LogP contribution in [-0.2, 0) is 4.79 Å². The number of ketones is 1. The van der Waals surface area contributed by atoms with Crippen molar-refractivity contribution in [3.63, 3.8) is 0 Å². The number of likely N-dealkylation sites (N-methyl/N-ethyl adjacent to an activating group) is 1. The molecule has 1 N–H and O–H groups in total. The third-order valence-electron chi connectivity index (χ3n) is 4.04. The maximum absolute atomic E-state index is 12.5. The molecule has 8 heteroatoms. The lowest BCUT2D eigenvalue weighted by molar-refractivity contribution is -0.120. The highest BCUT2D eigenvalue weighted by Gasteiger charge is 2.23. The number of H-pyrrole nitrogens is 1. The van der Waals surface area contributed by atoms with Crippen molar-refractivity contribution in [2.24, 2.45) is 0 Å². The van der Waals surface area contributed by atoms with Crippen molar-refractivity contribution in [3.05, 3.63) is 45.9 Å². The van der Waals surface area contributed by atoms with Gasteiger partial charge in [0, 0.05) is 18.7 Å². The van der Waals surface area contributed by atoms with E-state index >= 15 is 0 Å². The number of aromatic nitrogens is 2. The summed E-state index contributed by atoms with van der Waals surface area (Å²) in [4.78, 5) is 44.5. The summed E-state index contributed by atoms with van der Waals surface area (Å²) in [5.74, 6) is 0.542. The molecule has 0 saturated carbocycles. The van der Waals surface area contributed by atoms with Crippen molar-refractivity contribution in [2.75, 3.05) is 24.3 Å². The van der Waals surface area contributed by atoms with Crippen molar-refractivity contribution >= 4 is 29.1 Å². The summed E-state index contributed by atoms with van der Waals surface area (Å²) in [7, 11) is 1.65.